The summed E-state index contributed by atoms with van der Waals surface area (Å²) < 4.78 is 0. The second-order valence-corrected chi connectivity index (χ2v) is 3.32. The van der Waals surface area contributed by atoms with Crippen molar-refractivity contribution in [1.82, 2.24) is 0 Å². The Kier molecular flexibility index (Phi) is 2.37. The van der Waals surface area contributed by atoms with Crippen LogP contribution >= 0.6 is 0 Å². The van der Waals surface area contributed by atoms with E-state index >= 15 is 0 Å². The lowest BCUT2D eigenvalue weighted by Crippen LogP contribution is -1.90. The van der Waals surface area contributed by atoms with Gasteiger partial charge in [0.1, 0.15) is 0 Å². The molecule has 0 bridgehead atoms. The van der Waals surface area contributed by atoms with Gasteiger partial charge in [-0.15, -0.1) is 0 Å². The smallest absolute Gasteiger partial charge is 0.000274 e. The first-order valence-electron chi connectivity index (χ1n) is 4.05. The van der Waals surface area contributed by atoms with Crippen LogP contribution in [0, 0.1) is 20.8 Å². The number of allylic oxidation sites excluding steroid dienone is 1. The molecule has 0 spiro atoms. The monoisotopic (exact) mass is 158 g/mol. The Bertz CT molecular complexity index is 319. The van der Waals surface area contributed by atoms with Gasteiger partial charge >= 0.3 is 0 Å². The molecule has 62 valence electrons. The first-order chi connectivity index (χ1) is 5.52. The van der Waals surface area contributed by atoms with Crippen LogP contribution in [0.25, 0.3) is 5.57 Å². The highest BCUT2D eigenvalue weighted by Gasteiger charge is 2.02. The molecule has 0 saturated heterocycles. The maximum Gasteiger partial charge on any atom is -0.000274 e. The Morgan fingerprint density at radius 1 is 1.33 bits per heavy atom. The molecule has 12 heavy (non-hydrogen) atoms. The molecule has 0 aromatic heterocycles. The van der Waals surface area contributed by atoms with Gasteiger partial charge in [-0.3, -0.25) is 0 Å². The highest BCUT2D eigenvalue weighted by atomic mass is 14.1. The molecule has 0 fully saturated rings. The van der Waals surface area contributed by atoms with Crippen molar-refractivity contribution in [2.75, 3.05) is 0 Å². The predicted molar refractivity (Wildman–Crippen MR) is 54.0 cm³/mol. The van der Waals surface area contributed by atoms with Crippen LogP contribution < -0.4 is 0 Å². The van der Waals surface area contributed by atoms with E-state index in [1.54, 1.807) is 0 Å². The number of hydrogen-bond acceptors (Lipinski definition) is 0. The summed E-state index contributed by atoms with van der Waals surface area (Å²) >= 11 is 0. The molecule has 1 rings (SSSR count). The van der Waals surface area contributed by atoms with Crippen LogP contribution in [-0.2, 0) is 0 Å². The lowest BCUT2D eigenvalue weighted by Gasteiger charge is -2.09. The van der Waals surface area contributed by atoms with Crippen LogP contribution in [0.5, 0.6) is 0 Å². The summed E-state index contributed by atoms with van der Waals surface area (Å²) in [4.78, 5) is 0. The minimum Gasteiger partial charge on any atom is -0.0955 e. The zero-order valence-electron chi connectivity index (χ0n) is 7.94. The minimum absolute atomic E-state index is 0.855. The van der Waals surface area contributed by atoms with Crippen molar-refractivity contribution in [2.45, 2.75) is 20.8 Å². The molecule has 0 heteroatoms. The van der Waals surface area contributed by atoms with E-state index in [1.165, 1.54) is 5.56 Å². The summed E-state index contributed by atoms with van der Waals surface area (Å²) in [6, 6.07) is 4.16. The Labute approximate surface area is 74.9 Å². The van der Waals surface area contributed by atoms with Crippen LogP contribution in [0.2, 0.25) is 0 Å². The van der Waals surface area contributed by atoms with Crippen LogP contribution in [0.4, 0.5) is 0 Å². The lowest BCUT2D eigenvalue weighted by atomic mass is 9.96. The zero-order valence-corrected chi connectivity index (χ0v) is 7.94. The van der Waals surface area contributed by atoms with Crippen molar-refractivity contribution in [3.63, 3.8) is 0 Å². The third kappa shape index (κ3) is 1.58. The molecular formula is C12H14. The Hall–Kier alpha value is -1.04. The van der Waals surface area contributed by atoms with Crippen LogP contribution in [0.3, 0.4) is 0 Å². The second kappa shape index (κ2) is 3.14. The molecule has 0 atom stereocenters. The average Bonchev–Trinajstić information content (AvgIpc) is 1.96. The highest BCUT2D eigenvalue weighted by Crippen LogP contribution is 2.21. The summed E-state index contributed by atoms with van der Waals surface area (Å²) in [6.07, 6.45) is 0. The number of hydrogen-bond donors (Lipinski definition) is 0. The Morgan fingerprint density at radius 2 is 1.92 bits per heavy atom. The molecular weight excluding hydrogens is 144 g/mol. The molecule has 2 radical (unpaired) electrons. The fourth-order valence-corrected chi connectivity index (χ4v) is 1.33. The van der Waals surface area contributed by atoms with E-state index < -0.39 is 0 Å². The predicted octanol–water partition coefficient (Wildman–Crippen LogP) is 3.40. The first-order valence-corrected chi connectivity index (χ1v) is 4.05. The van der Waals surface area contributed by atoms with Crippen LogP contribution in [0.15, 0.2) is 18.7 Å². The minimum atomic E-state index is 0.855. The molecule has 1 aromatic carbocycles. The van der Waals surface area contributed by atoms with E-state index in [-0.39, 0.29) is 0 Å². The van der Waals surface area contributed by atoms with E-state index in [9.17, 15) is 0 Å². The van der Waals surface area contributed by atoms with Gasteiger partial charge in [0.05, 0.1) is 0 Å². The summed E-state index contributed by atoms with van der Waals surface area (Å²) in [5.74, 6) is 0. The SMILES string of the molecule is [CH]c1c(C)cc(C)cc1C(=C)C. The number of benzene rings is 1. The molecule has 1 aromatic rings. The molecule has 0 aliphatic heterocycles. The third-order valence-electron chi connectivity index (χ3n) is 1.99. The van der Waals surface area contributed by atoms with Gasteiger partial charge in [-0.25, -0.2) is 0 Å². The Balaban J connectivity index is 3.37. The molecule has 0 saturated carbocycles. The van der Waals surface area contributed by atoms with Crippen molar-refractivity contribution in [2.24, 2.45) is 0 Å². The van der Waals surface area contributed by atoms with Crippen molar-refractivity contribution in [3.05, 3.63) is 47.9 Å². The van der Waals surface area contributed by atoms with Gasteiger partial charge in [0.2, 0.25) is 0 Å². The van der Waals surface area contributed by atoms with Crippen LogP contribution in [-0.4, -0.2) is 0 Å². The third-order valence-corrected chi connectivity index (χ3v) is 1.99. The molecule has 0 heterocycles. The molecule has 0 aliphatic rings. The van der Waals surface area contributed by atoms with E-state index in [1.807, 2.05) is 13.8 Å². The van der Waals surface area contributed by atoms with Crippen molar-refractivity contribution < 1.29 is 0 Å². The summed E-state index contributed by atoms with van der Waals surface area (Å²) in [7, 11) is 0. The van der Waals surface area contributed by atoms with Gasteiger partial charge in [-0.05, 0) is 44.4 Å². The second-order valence-electron chi connectivity index (χ2n) is 3.32. The van der Waals surface area contributed by atoms with E-state index in [2.05, 4.69) is 25.6 Å². The fraction of sp³-hybridized carbons (Fsp3) is 0.250. The van der Waals surface area contributed by atoms with Crippen molar-refractivity contribution in [3.8, 4) is 0 Å². The molecule has 0 aliphatic carbocycles. The maximum atomic E-state index is 5.89. The number of rotatable bonds is 1. The summed E-state index contributed by atoms with van der Waals surface area (Å²) in [5.41, 5.74) is 5.33. The van der Waals surface area contributed by atoms with Gasteiger partial charge in [0.25, 0.3) is 0 Å². The quantitative estimate of drug-likeness (QED) is 0.587. The topological polar surface area (TPSA) is 0 Å². The van der Waals surface area contributed by atoms with E-state index in [0.717, 1.165) is 22.3 Å². The van der Waals surface area contributed by atoms with Crippen LogP contribution in [0.1, 0.15) is 29.2 Å². The maximum absolute atomic E-state index is 5.89. The average molecular weight is 158 g/mol. The molecule has 0 amide bonds. The van der Waals surface area contributed by atoms with E-state index in [0.29, 0.717) is 0 Å². The van der Waals surface area contributed by atoms with Gasteiger partial charge < -0.3 is 0 Å². The normalized spacial score (nSPS) is 10.0. The summed E-state index contributed by atoms with van der Waals surface area (Å²) in [6.45, 7) is 15.8. The van der Waals surface area contributed by atoms with Gasteiger partial charge in [-0.1, -0.05) is 29.8 Å². The Morgan fingerprint density at radius 3 is 2.42 bits per heavy atom. The zero-order chi connectivity index (χ0) is 9.30. The molecule has 0 nitrogen and oxygen atoms in total. The van der Waals surface area contributed by atoms with E-state index in [4.69, 9.17) is 6.92 Å². The van der Waals surface area contributed by atoms with Gasteiger partial charge in [-0.2, -0.15) is 0 Å². The largest absolute Gasteiger partial charge is 0.0955 e. The standard InChI is InChI=1S/C12H14/c1-8(2)12-7-9(3)6-10(4)11(12)5/h5-7H,1H2,2-4H3. The molecule has 0 unspecified atom stereocenters. The lowest BCUT2D eigenvalue weighted by molar-refractivity contribution is 1.32. The summed E-state index contributed by atoms with van der Waals surface area (Å²) in [5, 5.41) is 0. The van der Waals surface area contributed by atoms with Gasteiger partial charge in [0.15, 0.2) is 0 Å². The first kappa shape index (κ1) is 9.05. The van der Waals surface area contributed by atoms with Crippen molar-refractivity contribution in [1.29, 1.82) is 0 Å². The number of aryl methyl sites for hydroxylation is 2. The fourth-order valence-electron chi connectivity index (χ4n) is 1.33. The van der Waals surface area contributed by atoms with Crippen molar-refractivity contribution >= 4 is 5.57 Å². The molecule has 0 N–H and O–H groups in total. The highest BCUT2D eigenvalue weighted by molar-refractivity contribution is 5.67. The van der Waals surface area contributed by atoms with Gasteiger partial charge in [0, 0.05) is 0 Å².